The van der Waals surface area contributed by atoms with Crippen LogP contribution in [0.2, 0.25) is 0 Å². The quantitative estimate of drug-likeness (QED) is 0.881. The Morgan fingerprint density at radius 1 is 1.21 bits per heavy atom. The molecule has 1 atom stereocenters. The normalized spacial score (nSPS) is 18.5. The van der Waals surface area contributed by atoms with Crippen molar-refractivity contribution in [1.82, 2.24) is 4.90 Å². The molecule has 1 aliphatic rings. The fourth-order valence-electron chi connectivity index (χ4n) is 2.23. The fourth-order valence-corrected chi connectivity index (χ4v) is 2.23. The Bertz CT molecular complexity index is 372. The first-order valence-electron chi connectivity index (χ1n) is 6.97. The standard InChI is InChI=1S/C15H24N2O2/c1-12(2)19-14-5-3-13(4-6-14)15(16)11-17-7-9-18-10-8-17/h3-6,12,15H,7-11,16H2,1-2H3. The Morgan fingerprint density at radius 2 is 1.84 bits per heavy atom. The molecule has 4 heteroatoms. The van der Waals surface area contributed by atoms with Crippen molar-refractivity contribution < 1.29 is 9.47 Å². The van der Waals surface area contributed by atoms with Gasteiger partial charge in [0.2, 0.25) is 0 Å². The molecule has 2 rings (SSSR count). The smallest absolute Gasteiger partial charge is 0.119 e. The number of benzene rings is 1. The van der Waals surface area contributed by atoms with Crippen LogP contribution in [0.15, 0.2) is 24.3 Å². The van der Waals surface area contributed by atoms with E-state index in [1.54, 1.807) is 0 Å². The molecule has 0 bridgehead atoms. The molecule has 2 N–H and O–H groups in total. The zero-order chi connectivity index (χ0) is 13.7. The summed E-state index contributed by atoms with van der Waals surface area (Å²) in [7, 11) is 0. The number of nitrogens with two attached hydrogens (primary N) is 1. The Labute approximate surface area is 115 Å². The summed E-state index contributed by atoms with van der Waals surface area (Å²) in [6, 6.07) is 8.15. The summed E-state index contributed by atoms with van der Waals surface area (Å²) in [5.41, 5.74) is 7.41. The van der Waals surface area contributed by atoms with E-state index >= 15 is 0 Å². The third-order valence-electron chi connectivity index (χ3n) is 3.24. The van der Waals surface area contributed by atoms with Crippen LogP contribution in [0.5, 0.6) is 5.75 Å². The first-order chi connectivity index (χ1) is 9.15. The maximum atomic E-state index is 6.25. The number of nitrogens with zero attached hydrogens (tertiary/aromatic N) is 1. The molecular formula is C15H24N2O2. The molecule has 1 fully saturated rings. The molecule has 0 saturated carbocycles. The van der Waals surface area contributed by atoms with Gasteiger partial charge in [-0.1, -0.05) is 12.1 Å². The molecule has 0 aromatic heterocycles. The second-order valence-electron chi connectivity index (χ2n) is 5.26. The fraction of sp³-hybridized carbons (Fsp3) is 0.600. The van der Waals surface area contributed by atoms with E-state index < -0.39 is 0 Å². The van der Waals surface area contributed by atoms with Crippen molar-refractivity contribution in [2.45, 2.75) is 26.0 Å². The lowest BCUT2D eigenvalue weighted by Gasteiger charge is -2.29. The number of rotatable bonds is 5. The predicted octanol–water partition coefficient (Wildman–Crippen LogP) is 1.81. The average Bonchev–Trinajstić information content (AvgIpc) is 2.40. The largest absolute Gasteiger partial charge is 0.491 e. The molecule has 0 spiro atoms. The number of morpholine rings is 1. The average molecular weight is 264 g/mol. The minimum atomic E-state index is 0.0474. The third-order valence-corrected chi connectivity index (χ3v) is 3.24. The van der Waals surface area contributed by atoms with Crippen LogP contribution >= 0.6 is 0 Å². The van der Waals surface area contributed by atoms with Gasteiger partial charge >= 0.3 is 0 Å². The zero-order valence-electron chi connectivity index (χ0n) is 11.8. The summed E-state index contributed by atoms with van der Waals surface area (Å²) < 4.78 is 11.0. The van der Waals surface area contributed by atoms with Gasteiger partial charge < -0.3 is 15.2 Å². The van der Waals surface area contributed by atoms with Gasteiger partial charge in [0.05, 0.1) is 19.3 Å². The Balaban J connectivity index is 1.89. The van der Waals surface area contributed by atoms with Crippen LogP contribution in [-0.4, -0.2) is 43.9 Å². The summed E-state index contributed by atoms with van der Waals surface area (Å²) in [6.45, 7) is 8.51. The van der Waals surface area contributed by atoms with Crippen molar-refractivity contribution >= 4 is 0 Å². The van der Waals surface area contributed by atoms with Crippen molar-refractivity contribution in [3.63, 3.8) is 0 Å². The van der Waals surface area contributed by atoms with Gasteiger partial charge in [0, 0.05) is 25.7 Å². The van der Waals surface area contributed by atoms with Gasteiger partial charge in [-0.3, -0.25) is 4.90 Å². The van der Waals surface area contributed by atoms with Gasteiger partial charge in [-0.15, -0.1) is 0 Å². The first-order valence-corrected chi connectivity index (χ1v) is 6.97. The minimum Gasteiger partial charge on any atom is -0.491 e. The molecule has 106 valence electrons. The Morgan fingerprint density at radius 3 is 2.42 bits per heavy atom. The topological polar surface area (TPSA) is 47.7 Å². The van der Waals surface area contributed by atoms with Crippen LogP contribution in [0.4, 0.5) is 0 Å². The molecule has 19 heavy (non-hydrogen) atoms. The predicted molar refractivity (Wildman–Crippen MR) is 76.4 cm³/mol. The van der Waals surface area contributed by atoms with E-state index in [-0.39, 0.29) is 12.1 Å². The Kier molecular flexibility index (Phi) is 5.19. The molecule has 0 radical (unpaired) electrons. The second-order valence-corrected chi connectivity index (χ2v) is 5.26. The van der Waals surface area contributed by atoms with E-state index in [0.29, 0.717) is 0 Å². The zero-order valence-corrected chi connectivity index (χ0v) is 11.8. The molecule has 1 aromatic rings. The maximum Gasteiger partial charge on any atom is 0.119 e. The van der Waals surface area contributed by atoms with Gasteiger partial charge in [-0.05, 0) is 31.5 Å². The number of ether oxygens (including phenoxy) is 2. The van der Waals surface area contributed by atoms with Crippen LogP contribution in [0, 0.1) is 0 Å². The summed E-state index contributed by atoms with van der Waals surface area (Å²) in [6.07, 6.45) is 0.202. The van der Waals surface area contributed by atoms with Crippen molar-refractivity contribution in [3.8, 4) is 5.75 Å². The van der Waals surface area contributed by atoms with E-state index in [1.165, 1.54) is 0 Å². The molecule has 4 nitrogen and oxygen atoms in total. The summed E-state index contributed by atoms with van der Waals surface area (Å²) in [5.74, 6) is 0.900. The highest BCUT2D eigenvalue weighted by molar-refractivity contribution is 5.29. The van der Waals surface area contributed by atoms with E-state index in [4.69, 9.17) is 15.2 Å². The Hall–Kier alpha value is -1.10. The van der Waals surface area contributed by atoms with Crippen molar-refractivity contribution in [2.75, 3.05) is 32.8 Å². The summed E-state index contributed by atoms with van der Waals surface area (Å²) in [5, 5.41) is 0. The summed E-state index contributed by atoms with van der Waals surface area (Å²) >= 11 is 0. The molecule has 1 unspecified atom stereocenters. The number of hydrogen-bond donors (Lipinski definition) is 1. The van der Waals surface area contributed by atoms with Crippen LogP contribution in [0.3, 0.4) is 0 Å². The minimum absolute atomic E-state index is 0.0474. The lowest BCUT2D eigenvalue weighted by Crippen LogP contribution is -2.40. The lowest BCUT2D eigenvalue weighted by molar-refractivity contribution is 0.0352. The third kappa shape index (κ3) is 4.49. The highest BCUT2D eigenvalue weighted by Gasteiger charge is 2.15. The molecule has 1 aliphatic heterocycles. The van der Waals surface area contributed by atoms with Gasteiger partial charge in [-0.2, -0.15) is 0 Å². The molecule has 1 aromatic carbocycles. The molecule has 1 heterocycles. The highest BCUT2D eigenvalue weighted by Crippen LogP contribution is 2.18. The highest BCUT2D eigenvalue weighted by atomic mass is 16.5. The van der Waals surface area contributed by atoms with Gasteiger partial charge in [-0.25, -0.2) is 0 Å². The van der Waals surface area contributed by atoms with Crippen molar-refractivity contribution in [3.05, 3.63) is 29.8 Å². The van der Waals surface area contributed by atoms with E-state index in [1.807, 2.05) is 26.0 Å². The van der Waals surface area contributed by atoms with Gasteiger partial charge in [0.15, 0.2) is 0 Å². The summed E-state index contributed by atoms with van der Waals surface area (Å²) in [4.78, 5) is 2.35. The van der Waals surface area contributed by atoms with Crippen molar-refractivity contribution in [1.29, 1.82) is 0 Å². The van der Waals surface area contributed by atoms with E-state index in [9.17, 15) is 0 Å². The van der Waals surface area contributed by atoms with E-state index in [2.05, 4.69) is 17.0 Å². The number of hydrogen-bond acceptors (Lipinski definition) is 4. The van der Waals surface area contributed by atoms with Crippen LogP contribution in [0.1, 0.15) is 25.5 Å². The van der Waals surface area contributed by atoms with Gasteiger partial charge in [0.1, 0.15) is 5.75 Å². The van der Waals surface area contributed by atoms with Crippen LogP contribution < -0.4 is 10.5 Å². The lowest BCUT2D eigenvalue weighted by atomic mass is 10.1. The van der Waals surface area contributed by atoms with E-state index in [0.717, 1.165) is 44.2 Å². The molecular weight excluding hydrogens is 240 g/mol. The first kappa shape index (κ1) is 14.3. The maximum absolute atomic E-state index is 6.25. The second kappa shape index (κ2) is 6.89. The van der Waals surface area contributed by atoms with Crippen LogP contribution in [-0.2, 0) is 4.74 Å². The monoisotopic (exact) mass is 264 g/mol. The molecule has 0 amide bonds. The van der Waals surface area contributed by atoms with Gasteiger partial charge in [0.25, 0.3) is 0 Å². The van der Waals surface area contributed by atoms with Crippen molar-refractivity contribution in [2.24, 2.45) is 5.73 Å². The molecule has 1 saturated heterocycles. The molecule has 0 aliphatic carbocycles. The van der Waals surface area contributed by atoms with Crippen LogP contribution in [0.25, 0.3) is 0 Å². The SMILES string of the molecule is CC(C)Oc1ccc(C(N)CN2CCOCC2)cc1.